The summed E-state index contributed by atoms with van der Waals surface area (Å²) in [6.07, 6.45) is 1.59. The molecule has 0 atom stereocenters. The van der Waals surface area contributed by atoms with Crippen LogP contribution in [0.4, 0.5) is 0 Å². The number of hydrazone groups is 1. The van der Waals surface area contributed by atoms with Gasteiger partial charge in [-0.3, -0.25) is 4.79 Å². The van der Waals surface area contributed by atoms with Crippen LogP contribution >= 0.6 is 11.6 Å². The van der Waals surface area contributed by atoms with Gasteiger partial charge in [0.2, 0.25) is 0 Å². The van der Waals surface area contributed by atoms with Crippen LogP contribution in [-0.2, 0) is 10.4 Å². The van der Waals surface area contributed by atoms with Crippen LogP contribution in [0.15, 0.2) is 90.0 Å². The van der Waals surface area contributed by atoms with Gasteiger partial charge in [-0.2, -0.15) is 5.10 Å². The number of aliphatic hydroxyl groups is 1. The molecule has 1 amide bonds. The van der Waals surface area contributed by atoms with Gasteiger partial charge in [0, 0.05) is 27.7 Å². The highest BCUT2D eigenvalue weighted by Crippen LogP contribution is 2.30. The first-order valence-electron chi connectivity index (χ1n) is 10.9. The molecule has 0 bridgehead atoms. The summed E-state index contributed by atoms with van der Waals surface area (Å²) in [5.41, 5.74) is 6.36. The van der Waals surface area contributed by atoms with E-state index in [0.717, 1.165) is 28.2 Å². The van der Waals surface area contributed by atoms with Gasteiger partial charge in [-0.1, -0.05) is 78.3 Å². The summed E-state index contributed by atoms with van der Waals surface area (Å²) in [4.78, 5) is 13.2. The maximum Gasteiger partial charge on any atom is 0.281 e. The zero-order chi connectivity index (χ0) is 24.3. The molecule has 34 heavy (non-hydrogen) atoms. The molecule has 0 aliphatic carbocycles. The first-order chi connectivity index (χ1) is 16.3. The van der Waals surface area contributed by atoms with Gasteiger partial charge in [0.25, 0.3) is 5.91 Å². The van der Waals surface area contributed by atoms with Crippen molar-refractivity contribution >= 4 is 23.7 Å². The predicted molar refractivity (Wildman–Crippen MR) is 137 cm³/mol. The Bertz CT molecular complexity index is 1310. The van der Waals surface area contributed by atoms with Crippen molar-refractivity contribution in [1.29, 1.82) is 0 Å². The molecule has 0 unspecified atom stereocenters. The molecule has 1 heterocycles. The number of aromatic nitrogens is 1. The largest absolute Gasteiger partial charge is 0.372 e. The Morgan fingerprint density at radius 2 is 1.53 bits per heavy atom. The number of hydrogen-bond donors (Lipinski definition) is 2. The second-order valence-electron chi connectivity index (χ2n) is 8.24. The van der Waals surface area contributed by atoms with Crippen LogP contribution in [0.3, 0.4) is 0 Å². The van der Waals surface area contributed by atoms with E-state index >= 15 is 0 Å². The summed E-state index contributed by atoms with van der Waals surface area (Å²) in [6.45, 7) is 5.95. The molecule has 4 rings (SSSR count). The summed E-state index contributed by atoms with van der Waals surface area (Å²) >= 11 is 6.33. The average Bonchev–Trinajstić information content (AvgIpc) is 3.14. The lowest BCUT2D eigenvalue weighted by molar-refractivity contribution is -0.136. The fourth-order valence-electron chi connectivity index (χ4n) is 4.07. The van der Waals surface area contributed by atoms with Crippen LogP contribution in [0.1, 0.15) is 33.6 Å². The standard InChI is InChI=1S/C28H26ClN3O2/c1-19-14-15-25(17-26(19)29)32-20(2)16-22(21(32)3)18-30-31-27(33)28(34,23-10-6-4-7-11-23)24-12-8-5-9-13-24/h4-18,34H,1-3H3,(H,31,33)/b30-18-. The summed E-state index contributed by atoms with van der Waals surface area (Å²) in [7, 11) is 0. The lowest BCUT2D eigenvalue weighted by Crippen LogP contribution is -2.43. The third-order valence-corrected chi connectivity index (χ3v) is 6.37. The quantitative estimate of drug-likeness (QED) is 0.290. The molecular formula is C28H26ClN3O2. The minimum absolute atomic E-state index is 0.461. The van der Waals surface area contributed by atoms with E-state index in [4.69, 9.17) is 11.6 Å². The number of benzene rings is 3. The van der Waals surface area contributed by atoms with Gasteiger partial charge in [0.1, 0.15) is 0 Å². The molecular weight excluding hydrogens is 446 g/mol. The molecule has 0 fully saturated rings. The van der Waals surface area contributed by atoms with Crippen molar-refractivity contribution in [2.24, 2.45) is 5.10 Å². The number of nitrogens with zero attached hydrogens (tertiary/aromatic N) is 2. The summed E-state index contributed by atoms with van der Waals surface area (Å²) in [6, 6.07) is 25.6. The topological polar surface area (TPSA) is 66.6 Å². The highest BCUT2D eigenvalue weighted by molar-refractivity contribution is 6.31. The highest BCUT2D eigenvalue weighted by Gasteiger charge is 2.39. The van der Waals surface area contributed by atoms with E-state index in [-0.39, 0.29) is 0 Å². The molecule has 1 aromatic heterocycles. The van der Waals surface area contributed by atoms with Crippen LogP contribution < -0.4 is 5.43 Å². The number of carbonyl (C=O) groups is 1. The molecule has 0 radical (unpaired) electrons. The second-order valence-corrected chi connectivity index (χ2v) is 8.64. The van der Waals surface area contributed by atoms with Crippen LogP contribution in [0, 0.1) is 20.8 Å². The summed E-state index contributed by atoms with van der Waals surface area (Å²) < 4.78 is 2.08. The van der Waals surface area contributed by atoms with E-state index in [1.165, 1.54) is 0 Å². The van der Waals surface area contributed by atoms with Crippen LogP contribution in [0.25, 0.3) is 5.69 Å². The van der Waals surface area contributed by atoms with Crippen molar-refractivity contribution in [1.82, 2.24) is 9.99 Å². The number of nitrogens with one attached hydrogen (secondary N) is 1. The number of hydrogen-bond acceptors (Lipinski definition) is 3. The van der Waals surface area contributed by atoms with Crippen molar-refractivity contribution in [3.63, 3.8) is 0 Å². The van der Waals surface area contributed by atoms with Gasteiger partial charge >= 0.3 is 0 Å². The zero-order valence-corrected chi connectivity index (χ0v) is 20.0. The molecule has 4 aromatic rings. The molecule has 0 aliphatic rings. The van der Waals surface area contributed by atoms with E-state index in [9.17, 15) is 9.90 Å². The average molecular weight is 472 g/mol. The molecule has 0 saturated carbocycles. The third-order valence-electron chi connectivity index (χ3n) is 5.97. The third kappa shape index (κ3) is 4.40. The summed E-state index contributed by atoms with van der Waals surface area (Å²) in [5, 5.41) is 16.4. The molecule has 0 spiro atoms. The Morgan fingerprint density at radius 1 is 0.941 bits per heavy atom. The predicted octanol–water partition coefficient (Wildman–Crippen LogP) is 5.44. The maximum absolute atomic E-state index is 13.2. The fourth-order valence-corrected chi connectivity index (χ4v) is 4.24. The normalized spacial score (nSPS) is 11.7. The van der Waals surface area contributed by atoms with Gasteiger partial charge in [-0.15, -0.1) is 0 Å². The van der Waals surface area contributed by atoms with Crippen molar-refractivity contribution in [2.75, 3.05) is 0 Å². The van der Waals surface area contributed by atoms with Gasteiger partial charge in [-0.25, -0.2) is 5.43 Å². The Kier molecular flexibility index (Phi) is 6.68. The Hall–Kier alpha value is -3.67. The van der Waals surface area contributed by atoms with E-state index in [1.54, 1.807) is 54.7 Å². The number of carbonyl (C=O) groups excluding carboxylic acids is 1. The van der Waals surface area contributed by atoms with Gasteiger partial charge in [0.05, 0.1) is 6.21 Å². The molecule has 0 saturated heterocycles. The van der Waals surface area contributed by atoms with Crippen LogP contribution in [0.2, 0.25) is 5.02 Å². The molecule has 6 heteroatoms. The molecule has 0 aliphatic heterocycles. The summed E-state index contributed by atoms with van der Waals surface area (Å²) in [5.74, 6) is -0.639. The maximum atomic E-state index is 13.2. The minimum Gasteiger partial charge on any atom is -0.372 e. The van der Waals surface area contributed by atoms with E-state index in [0.29, 0.717) is 16.1 Å². The molecule has 172 valence electrons. The fraction of sp³-hybridized carbons (Fsp3) is 0.143. The SMILES string of the molecule is Cc1ccc(-n2c(C)cc(/C=N\NC(=O)C(O)(c3ccccc3)c3ccccc3)c2C)cc1Cl. The number of halogens is 1. The van der Waals surface area contributed by atoms with Crippen molar-refractivity contribution < 1.29 is 9.90 Å². The molecule has 5 nitrogen and oxygen atoms in total. The van der Waals surface area contributed by atoms with Gasteiger partial charge < -0.3 is 9.67 Å². The lowest BCUT2D eigenvalue weighted by atomic mass is 9.85. The first-order valence-corrected chi connectivity index (χ1v) is 11.3. The number of rotatable bonds is 6. The van der Waals surface area contributed by atoms with Crippen molar-refractivity contribution in [3.05, 3.63) is 124 Å². The Balaban J connectivity index is 1.61. The lowest BCUT2D eigenvalue weighted by Gasteiger charge is -2.27. The molecule has 3 aromatic carbocycles. The molecule has 2 N–H and O–H groups in total. The van der Waals surface area contributed by atoms with Crippen LogP contribution in [-0.4, -0.2) is 21.8 Å². The van der Waals surface area contributed by atoms with E-state index in [1.807, 2.05) is 57.2 Å². The Morgan fingerprint density at radius 3 is 2.09 bits per heavy atom. The Labute approximate surface area is 204 Å². The van der Waals surface area contributed by atoms with Gasteiger partial charge in [0.15, 0.2) is 5.60 Å². The number of amides is 1. The highest BCUT2D eigenvalue weighted by atomic mass is 35.5. The first kappa shape index (κ1) is 23.5. The van der Waals surface area contributed by atoms with E-state index < -0.39 is 11.5 Å². The monoisotopic (exact) mass is 471 g/mol. The van der Waals surface area contributed by atoms with Gasteiger partial charge in [-0.05, 0) is 55.7 Å². The minimum atomic E-state index is -1.88. The van der Waals surface area contributed by atoms with E-state index in [2.05, 4.69) is 15.1 Å². The number of aryl methyl sites for hydroxylation is 2. The van der Waals surface area contributed by atoms with Crippen LogP contribution in [0.5, 0.6) is 0 Å². The van der Waals surface area contributed by atoms with Crippen molar-refractivity contribution in [3.8, 4) is 5.69 Å². The second kappa shape index (κ2) is 9.67. The zero-order valence-electron chi connectivity index (χ0n) is 19.3. The smallest absolute Gasteiger partial charge is 0.281 e. The van der Waals surface area contributed by atoms with Crippen molar-refractivity contribution in [2.45, 2.75) is 26.4 Å².